The largest absolute Gasteiger partial charge is 0.382 e. The molecule has 16 heavy (non-hydrogen) atoms. The highest BCUT2D eigenvalue weighted by Gasteiger charge is 1.96. The van der Waals surface area contributed by atoms with Crippen LogP contribution in [0.25, 0.3) is 6.08 Å². The summed E-state index contributed by atoms with van der Waals surface area (Å²) in [5.74, 6) is 0. The van der Waals surface area contributed by atoms with E-state index in [2.05, 4.69) is 50.3 Å². The van der Waals surface area contributed by atoms with Crippen molar-refractivity contribution in [1.82, 2.24) is 0 Å². The lowest BCUT2D eigenvalue weighted by Crippen LogP contribution is -2.03. The molecule has 0 aliphatic rings. The fraction of sp³-hybridized carbons (Fsp3) is 0.467. The van der Waals surface area contributed by atoms with E-state index in [9.17, 15) is 0 Å². The Labute approximate surface area is 99.1 Å². The zero-order valence-electron chi connectivity index (χ0n) is 10.6. The van der Waals surface area contributed by atoms with Crippen LogP contribution in [-0.2, 0) is 4.74 Å². The van der Waals surface area contributed by atoms with E-state index in [1.165, 1.54) is 17.5 Å². The van der Waals surface area contributed by atoms with Gasteiger partial charge in [0.25, 0.3) is 0 Å². The molecule has 1 heteroatoms. The average Bonchev–Trinajstić information content (AvgIpc) is 2.28. The third kappa shape index (κ3) is 5.13. The fourth-order valence-corrected chi connectivity index (χ4v) is 1.63. The molecule has 0 saturated carbocycles. The Balaban J connectivity index is 2.27. The number of hydrogen-bond acceptors (Lipinski definition) is 1. The standard InChI is InChI=1S/C15H22O/c1-13-8-7-11-15(12-13)10-6-4-5-9-14(2)16-3/h6-8,10-12,14H,4-5,9H2,1-3H3/b10-6+/t14-/m0/s1. The monoisotopic (exact) mass is 218 g/mol. The molecule has 0 fully saturated rings. The topological polar surface area (TPSA) is 9.23 Å². The Morgan fingerprint density at radius 3 is 2.88 bits per heavy atom. The summed E-state index contributed by atoms with van der Waals surface area (Å²) in [6, 6.07) is 8.56. The number of hydrogen-bond donors (Lipinski definition) is 0. The average molecular weight is 218 g/mol. The van der Waals surface area contributed by atoms with Crippen LogP contribution >= 0.6 is 0 Å². The van der Waals surface area contributed by atoms with Crippen LogP contribution in [0.4, 0.5) is 0 Å². The first-order valence-electron chi connectivity index (χ1n) is 5.98. The summed E-state index contributed by atoms with van der Waals surface area (Å²) in [5, 5.41) is 0. The minimum Gasteiger partial charge on any atom is -0.382 e. The predicted molar refractivity (Wildman–Crippen MR) is 70.5 cm³/mol. The normalized spacial score (nSPS) is 13.2. The van der Waals surface area contributed by atoms with Crippen molar-refractivity contribution in [1.29, 1.82) is 0 Å². The molecule has 0 heterocycles. The molecule has 1 aromatic rings. The number of methoxy groups -OCH3 is 1. The molecular weight excluding hydrogens is 196 g/mol. The van der Waals surface area contributed by atoms with Crippen molar-refractivity contribution in [3.05, 3.63) is 41.5 Å². The van der Waals surface area contributed by atoms with E-state index in [0.29, 0.717) is 6.10 Å². The second-order valence-electron chi connectivity index (χ2n) is 4.29. The van der Waals surface area contributed by atoms with Crippen LogP contribution in [0.3, 0.4) is 0 Å². The van der Waals surface area contributed by atoms with Gasteiger partial charge in [-0.25, -0.2) is 0 Å². The molecule has 0 unspecified atom stereocenters. The molecule has 0 aromatic heterocycles. The Morgan fingerprint density at radius 2 is 2.19 bits per heavy atom. The predicted octanol–water partition coefficient (Wildman–Crippen LogP) is 4.21. The first kappa shape index (κ1) is 13.0. The molecule has 0 N–H and O–H groups in total. The summed E-state index contributed by atoms with van der Waals surface area (Å²) in [5.41, 5.74) is 2.61. The van der Waals surface area contributed by atoms with Gasteiger partial charge in [-0.15, -0.1) is 0 Å². The molecule has 0 radical (unpaired) electrons. The van der Waals surface area contributed by atoms with Gasteiger partial charge in [-0.2, -0.15) is 0 Å². The van der Waals surface area contributed by atoms with Gasteiger partial charge in [-0.3, -0.25) is 0 Å². The Bertz CT molecular complexity index is 328. The van der Waals surface area contributed by atoms with Gasteiger partial charge >= 0.3 is 0 Å². The molecule has 1 nitrogen and oxygen atoms in total. The van der Waals surface area contributed by atoms with E-state index in [0.717, 1.165) is 12.8 Å². The van der Waals surface area contributed by atoms with Crippen LogP contribution in [0.1, 0.15) is 37.3 Å². The van der Waals surface area contributed by atoms with Gasteiger partial charge in [-0.1, -0.05) is 42.0 Å². The molecule has 0 bridgehead atoms. The maximum absolute atomic E-state index is 5.21. The van der Waals surface area contributed by atoms with Gasteiger partial charge in [0.05, 0.1) is 6.10 Å². The highest BCUT2D eigenvalue weighted by molar-refractivity contribution is 5.49. The lowest BCUT2D eigenvalue weighted by atomic mass is 10.1. The van der Waals surface area contributed by atoms with Crippen molar-refractivity contribution in [3.63, 3.8) is 0 Å². The molecule has 88 valence electrons. The number of allylic oxidation sites excluding steroid dienone is 1. The quantitative estimate of drug-likeness (QED) is 0.650. The maximum atomic E-state index is 5.21. The third-order valence-corrected chi connectivity index (χ3v) is 2.74. The number of unbranched alkanes of at least 4 members (excludes halogenated alkanes) is 1. The van der Waals surface area contributed by atoms with E-state index in [1.54, 1.807) is 7.11 Å². The first-order chi connectivity index (χ1) is 7.72. The van der Waals surface area contributed by atoms with E-state index < -0.39 is 0 Å². The van der Waals surface area contributed by atoms with Gasteiger partial charge in [0.1, 0.15) is 0 Å². The van der Waals surface area contributed by atoms with Crippen LogP contribution < -0.4 is 0 Å². The smallest absolute Gasteiger partial charge is 0.0543 e. The molecule has 1 atom stereocenters. The highest BCUT2D eigenvalue weighted by Crippen LogP contribution is 2.08. The molecule has 0 aliphatic heterocycles. The van der Waals surface area contributed by atoms with Crippen molar-refractivity contribution in [2.24, 2.45) is 0 Å². The van der Waals surface area contributed by atoms with E-state index in [4.69, 9.17) is 4.74 Å². The van der Waals surface area contributed by atoms with E-state index >= 15 is 0 Å². The minimum atomic E-state index is 0.382. The van der Waals surface area contributed by atoms with Crippen molar-refractivity contribution in [2.75, 3.05) is 7.11 Å². The van der Waals surface area contributed by atoms with E-state index in [-0.39, 0.29) is 0 Å². The van der Waals surface area contributed by atoms with Gasteiger partial charge in [0.15, 0.2) is 0 Å². The van der Waals surface area contributed by atoms with Gasteiger partial charge in [-0.05, 0) is 38.7 Å². The van der Waals surface area contributed by atoms with Gasteiger partial charge in [0.2, 0.25) is 0 Å². The second kappa shape index (κ2) is 7.24. The Kier molecular flexibility index (Phi) is 5.87. The van der Waals surface area contributed by atoms with Crippen molar-refractivity contribution in [3.8, 4) is 0 Å². The zero-order valence-corrected chi connectivity index (χ0v) is 10.6. The maximum Gasteiger partial charge on any atom is 0.0543 e. The van der Waals surface area contributed by atoms with Crippen LogP contribution in [-0.4, -0.2) is 13.2 Å². The van der Waals surface area contributed by atoms with Crippen molar-refractivity contribution >= 4 is 6.08 Å². The fourth-order valence-electron chi connectivity index (χ4n) is 1.63. The summed E-state index contributed by atoms with van der Waals surface area (Å²) in [7, 11) is 1.77. The molecule has 0 saturated heterocycles. The summed E-state index contributed by atoms with van der Waals surface area (Å²) in [6.07, 6.45) is 8.28. The Morgan fingerprint density at radius 1 is 1.38 bits per heavy atom. The number of aryl methyl sites for hydroxylation is 1. The number of benzene rings is 1. The summed E-state index contributed by atoms with van der Waals surface area (Å²) < 4.78 is 5.21. The molecule has 0 amide bonds. The molecule has 0 spiro atoms. The van der Waals surface area contributed by atoms with Crippen molar-refractivity contribution < 1.29 is 4.74 Å². The lowest BCUT2D eigenvalue weighted by Gasteiger charge is -2.06. The van der Waals surface area contributed by atoms with Crippen LogP contribution in [0.15, 0.2) is 30.3 Å². The molecule has 0 aliphatic carbocycles. The first-order valence-corrected chi connectivity index (χ1v) is 5.98. The lowest BCUT2D eigenvalue weighted by molar-refractivity contribution is 0.109. The van der Waals surface area contributed by atoms with Gasteiger partial charge < -0.3 is 4.74 Å². The number of ether oxygens (including phenoxy) is 1. The highest BCUT2D eigenvalue weighted by atomic mass is 16.5. The summed E-state index contributed by atoms with van der Waals surface area (Å²) >= 11 is 0. The molecule has 1 aromatic carbocycles. The molecule has 1 rings (SSSR count). The second-order valence-corrected chi connectivity index (χ2v) is 4.29. The van der Waals surface area contributed by atoms with Crippen LogP contribution in [0, 0.1) is 6.92 Å². The summed E-state index contributed by atoms with van der Waals surface area (Å²) in [4.78, 5) is 0. The van der Waals surface area contributed by atoms with Crippen LogP contribution in [0.2, 0.25) is 0 Å². The third-order valence-electron chi connectivity index (χ3n) is 2.74. The SMILES string of the molecule is CO[C@@H](C)CCC/C=C/c1cccc(C)c1. The zero-order chi connectivity index (χ0) is 11.8. The van der Waals surface area contributed by atoms with Crippen molar-refractivity contribution in [2.45, 2.75) is 39.2 Å². The van der Waals surface area contributed by atoms with Gasteiger partial charge in [0, 0.05) is 7.11 Å². The minimum absolute atomic E-state index is 0.382. The van der Waals surface area contributed by atoms with Crippen LogP contribution in [0.5, 0.6) is 0 Å². The Hall–Kier alpha value is -1.08. The molecular formula is C15H22O. The number of rotatable bonds is 6. The summed E-state index contributed by atoms with van der Waals surface area (Å²) in [6.45, 7) is 4.24. The van der Waals surface area contributed by atoms with E-state index in [1.807, 2.05) is 0 Å².